The summed E-state index contributed by atoms with van der Waals surface area (Å²) in [6, 6.07) is 16.4. The molecule has 2 aromatic rings. The van der Waals surface area contributed by atoms with E-state index in [4.69, 9.17) is 0 Å². The van der Waals surface area contributed by atoms with Crippen LogP contribution in [0.3, 0.4) is 0 Å². The molecule has 0 aliphatic carbocycles. The van der Waals surface area contributed by atoms with Crippen LogP contribution in [0.25, 0.3) is 0 Å². The summed E-state index contributed by atoms with van der Waals surface area (Å²) in [4.78, 5) is 9.20. The van der Waals surface area contributed by atoms with Gasteiger partial charge < -0.3 is 0 Å². The summed E-state index contributed by atoms with van der Waals surface area (Å²) in [6.07, 6.45) is 0. The molecular weight excluding hydrogens is 244 g/mol. The Labute approximate surface area is 120 Å². The molecule has 2 nitrogen and oxygen atoms in total. The van der Waals surface area contributed by atoms with Crippen molar-refractivity contribution in [1.82, 2.24) is 0 Å². The van der Waals surface area contributed by atoms with Crippen molar-refractivity contribution in [2.24, 2.45) is 9.98 Å². The van der Waals surface area contributed by atoms with Crippen LogP contribution in [0.2, 0.25) is 0 Å². The average molecular weight is 264 g/mol. The molecule has 2 heteroatoms. The number of nitrogens with zero attached hydrogens (tertiary/aromatic N) is 2. The second-order valence-electron chi connectivity index (χ2n) is 5.07. The van der Waals surface area contributed by atoms with Crippen molar-refractivity contribution in [3.63, 3.8) is 0 Å². The number of aliphatic imine (C=N–C) groups is 2. The third kappa shape index (κ3) is 3.89. The smallest absolute Gasteiger partial charge is 0.0633 e. The van der Waals surface area contributed by atoms with Crippen LogP contribution in [0.5, 0.6) is 0 Å². The molecule has 0 bridgehead atoms. The molecule has 0 spiro atoms. The minimum atomic E-state index is 0.939. The lowest BCUT2D eigenvalue weighted by atomic mass is 10.2. The lowest BCUT2D eigenvalue weighted by Crippen LogP contribution is -2.04. The summed E-state index contributed by atoms with van der Waals surface area (Å²) in [5, 5.41) is 0. The number of aryl methyl sites for hydroxylation is 2. The van der Waals surface area contributed by atoms with Crippen molar-refractivity contribution in [2.75, 3.05) is 0 Å². The largest absolute Gasteiger partial charge is 0.252 e. The van der Waals surface area contributed by atoms with Crippen LogP contribution < -0.4 is 0 Å². The predicted molar refractivity (Wildman–Crippen MR) is 87.9 cm³/mol. The fourth-order valence-electron chi connectivity index (χ4n) is 1.79. The molecule has 0 aliphatic rings. The molecule has 0 atom stereocenters. The molecule has 2 aromatic carbocycles. The molecule has 102 valence electrons. The van der Waals surface area contributed by atoms with E-state index in [0.717, 1.165) is 22.8 Å². The summed E-state index contributed by atoms with van der Waals surface area (Å²) in [5.41, 5.74) is 6.29. The molecule has 0 amide bonds. The first-order valence-electron chi connectivity index (χ1n) is 6.79. The van der Waals surface area contributed by atoms with E-state index in [-0.39, 0.29) is 0 Å². The van der Waals surface area contributed by atoms with Crippen LogP contribution >= 0.6 is 0 Å². The summed E-state index contributed by atoms with van der Waals surface area (Å²) < 4.78 is 0. The monoisotopic (exact) mass is 264 g/mol. The van der Waals surface area contributed by atoms with Crippen molar-refractivity contribution < 1.29 is 0 Å². The number of hydrogen-bond donors (Lipinski definition) is 0. The van der Waals surface area contributed by atoms with Gasteiger partial charge in [0, 0.05) is 0 Å². The third-order valence-corrected chi connectivity index (χ3v) is 3.19. The van der Waals surface area contributed by atoms with Crippen molar-refractivity contribution in [2.45, 2.75) is 27.7 Å². The second-order valence-corrected chi connectivity index (χ2v) is 5.07. The molecule has 0 N–H and O–H groups in total. The summed E-state index contributed by atoms with van der Waals surface area (Å²) >= 11 is 0. The SMILES string of the molecule is CC(=Nc1ccc(C)cc1)C(C)=Nc1ccc(C)cc1. The van der Waals surface area contributed by atoms with E-state index in [1.807, 2.05) is 38.1 Å². The highest BCUT2D eigenvalue weighted by atomic mass is 14.8. The number of hydrogen-bond acceptors (Lipinski definition) is 2. The molecule has 0 aromatic heterocycles. The highest BCUT2D eigenvalue weighted by molar-refractivity contribution is 6.41. The van der Waals surface area contributed by atoms with Crippen LogP contribution in [0.4, 0.5) is 11.4 Å². The molecule has 0 aliphatic heterocycles. The van der Waals surface area contributed by atoms with Gasteiger partial charge in [-0.3, -0.25) is 9.98 Å². The predicted octanol–water partition coefficient (Wildman–Crippen LogP) is 5.19. The molecule has 0 fully saturated rings. The van der Waals surface area contributed by atoms with E-state index in [2.05, 4.69) is 48.1 Å². The zero-order valence-corrected chi connectivity index (χ0v) is 12.5. The van der Waals surface area contributed by atoms with E-state index < -0.39 is 0 Å². The molecule has 0 radical (unpaired) electrons. The Hall–Kier alpha value is -2.22. The van der Waals surface area contributed by atoms with Crippen LogP contribution in [-0.4, -0.2) is 11.4 Å². The van der Waals surface area contributed by atoms with Crippen LogP contribution in [0.1, 0.15) is 25.0 Å². The van der Waals surface area contributed by atoms with Gasteiger partial charge in [-0.1, -0.05) is 35.4 Å². The van der Waals surface area contributed by atoms with Crippen LogP contribution in [0, 0.1) is 13.8 Å². The van der Waals surface area contributed by atoms with Gasteiger partial charge in [0.1, 0.15) is 0 Å². The quantitative estimate of drug-likeness (QED) is 0.682. The Bertz CT molecular complexity index is 573. The van der Waals surface area contributed by atoms with Gasteiger partial charge in [-0.05, 0) is 52.0 Å². The topological polar surface area (TPSA) is 24.7 Å². The van der Waals surface area contributed by atoms with E-state index in [1.54, 1.807) is 0 Å². The highest BCUT2D eigenvalue weighted by Crippen LogP contribution is 2.15. The van der Waals surface area contributed by atoms with Gasteiger partial charge in [0.25, 0.3) is 0 Å². The minimum Gasteiger partial charge on any atom is -0.252 e. The number of rotatable bonds is 3. The Kier molecular flexibility index (Phi) is 4.46. The molecule has 0 heterocycles. The van der Waals surface area contributed by atoms with E-state index in [0.29, 0.717) is 0 Å². The fourth-order valence-corrected chi connectivity index (χ4v) is 1.79. The van der Waals surface area contributed by atoms with Crippen molar-refractivity contribution in [1.29, 1.82) is 0 Å². The maximum atomic E-state index is 4.60. The molecule has 20 heavy (non-hydrogen) atoms. The van der Waals surface area contributed by atoms with Crippen LogP contribution in [0.15, 0.2) is 58.5 Å². The maximum Gasteiger partial charge on any atom is 0.0633 e. The second kappa shape index (κ2) is 6.29. The Morgan fingerprint density at radius 2 is 0.900 bits per heavy atom. The van der Waals surface area contributed by atoms with Gasteiger partial charge in [0.15, 0.2) is 0 Å². The lowest BCUT2D eigenvalue weighted by molar-refractivity contribution is 1.42. The van der Waals surface area contributed by atoms with Gasteiger partial charge in [0.2, 0.25) is 0 Å². The molecule has 0 saturated carbocycles. The van der Waals surface area contributed by atoms with E-state index in [1.165, 1.54) is 11.1 Å². The van der Waals surface area contributed by atoms with Crippen molar-refractivity contribution in [3.8, 4) is 0 Å². The summed E-state index contributed by atoms with van der Waals surface area (Å²) in [7, 11) is 0. The first-order valence-corrected chi connectivity index (χ1v) is 6.79. The normalized spacial score (nSPS) is 12.6. The number of benzene rings is 2. The zero-order valence-electron chi connectivity index (χ0n) is 12.5. The Morgan fingerprint density at radius 3 is 1.20 bits per heavy atom. The first-order chi connectivity index (χ1) is 9.54. The van der Waals surface area contributed by atoms with Gasteiger partial charge >= 0.3 is 0 Å². The van der Waals surface area contributed by atoms with Gasteiger partial charge in [-0.15, -0.1) is 0 Å². The van der Waals surface area contributed by atoms with E-state index in [9.17, 15) is 0 Å². The summed E-state index contributed by atoms with van der Waals surface area (Å²) in [5.74, 6) is 0. The lowest BCUT2D eigenvalue weighted by Gasteiger charge is -2.02. The van der Waals surface area contributed by atoms with Gasteiger partial charge in [0.05, 0.1) is 22.8 Å². The van der Waals surface area contributed by atoms with Crippen molar-refractivity contribution in [3.05, 3.63) is 59.7 Å². The first kappa shape index (κ1) is 14.2. The fraction of sp³-hybridized carbons (Fsp3) is 0.222. The zero-order chi connectivity index (χ0) is 14.5. The molecule has 0 saturated heterocycles. The van der Waals surface area contributed by atoms with E-state index >= 15 is 0 Å². The van der Waals surface area contributed by atoms with Crippen LogP contribution in [-0.2, 0) is 0 Å². The average Bonchev–Trinajstić information content (AvgIpc) is 2.44. The Morgan fingerprint density at radius 1 is 0.600 bits per heavy atom. The molecular formula is C18H20N2. The van der Waals surface area contributed by atoms with Gasteiger partial charge in [-0.25, -0.2) is 0 Å². The molecule has 2 rings (SSSR count). The minimum absolute atomic E-state index is 0.939. The van der Waals surface area contributed by atoms with Crippen molar-refractivity contribution >= 4 is 22.8 Å². The maximum absolute atomic E-state index is 4.60. The summed E-state index contributed by atoms with van der Waals surface area (Å²) in [6.45, 7) is 8.13. The third-order valence-electron chi connectivity index (χ3n) is 3.19. The molecule has 0 unspecified atom stereocenters. The highest BCUT2D eigenvalue weighted by Gasteiger charge is 1.99. The standard InChI is InChI=1S/C18H20N2/c1-13-5-9-17(10-6-13)19-15(3)16(4)20-18-11-7-14(2)8-12-18/h5-12H,1-4H3. The van der Waals surface area contributed by atoms with Gasteiger partial charge in [-0.2, -0.15) is 0 Å². The Balaban J connectivity index is 2.21.